The van der Waals surface area contributed by atoms with E-state index in [9.17, 15) is 9.18 Å². The van der Waals surface area contributed by atoms with Gasteiger partial charge in [-0.15, -0.1) is 0 Å². The molecular weight excluding hydrogens is 285 g/mol. The molecule has 0 aliphatic rings. The maximum absolute atomic E-state index is 13.1. The van der Waals surface area contributed by atoms with Gasteiger partial charge >= 0.3 is 0 Å². The van der Waals surface area contributed by atoms with Crippen LogP contribution in [0.15, 0.2) is 48.8 Å². The number of hydrogen-bond donors (Lipinski definition) is 1. The Morgan fingerprint density at radius 3 is 2.91 bits per heavy atom. The number of pyridine rings is 1. The largest absolute Gasteiger partial charge is 0.496 e. The van der Waals surface area contributed by atoms with Gasteiger partial charge in [-0.2, -0.15) is 0 Å². The quantitative estimate of drug-likeness (QED) is 0.805. The molecular formula is C16H14FN3O2. The van der Waals surface area contributed by atoms with Crippen LogP contribution in [-0.4, -0.2) is 22.4 Å². The molecule has 0 radical (unpaired) electrons. The van der Waals surface area contributed by atoms with E-state index in [1.54, 1.807) is 40.9 Å². The minimum absolute atomic E-state index is 0.249. The van der Waals surface area contributed by atoms with E-state index in [0.717, 1.165) is 0 Å². The number of hydrogen-bond acceptors (Lipinski definition) is 3. The highest BCUT2D eigenvalue weighted by atomic mass is 19.1. The molecule has 0 aliphatic heterocycles. The van der Waals surface area contributed by atoms with E-state index in [1.165, 1.54) is 19.4 Å². The summed E-state index contributed by atoms with van der Waals surface area (Å²) in [6.07, 6.45) is 3.02. The third-order valence-electron chi connectivity index (χ3n) is 3.25. The highest BCUT2D eigenvalue weighted by Gasteiger charge is 2.11. The number of methoxy groups -OCH3 is 1. The van der Waals surface area contributed by atoms with Gasteiger partial charge in [-0.25, -0.2) is 9.37 Å². The molecule has 0 saturated carbocycles. The summed E-state index contributed by atoms with van der Waals surface area (Å²) in [6.45, 7) is 0.250. The second kappa shape index (κ2) is 5.85. The predicted octanol–water partition coefficient (Wildman–Crippen LogP) is 2.41. The number of halogens is 1. The van der Waals surface area contributed by atoms with Gasteiger partial charge in [-0.1, -0.05) is 12.1 Å². The molecule has 1 N–H and O–H groups in total. The maximum Gasteiger partial charge on any atom is 0.255 e. The van der Waals surface area contributed by atoms with Crippen LogP contribution >= 0.6 is 0 Å². The number of fused-ring (bicyclic) bond motifs is 1. The fraction of sp³-hybridized carbons (Fsp3) is 0.125. The highest BCUT2D eigenvalue weighted by Crippen LogP contribution is 2.17. The fourth-order valence-corrected chi connectivity index (χ4v) is 2.20. The fourth-order valence-electron chi connectivity index (χ4n) is 2.20. The van der Waals surface area contributed by atoms with Crippen LogP contribution in [0, 0.1) is 5.82 Å². The maximum atomic E-state index is 13.1. The zero-order chi connectivity index (χ0) is 15.5. The molecule has 3 rings (SSSR count). The second-order valence-corrected chi connectivity index (χ2v) is 4.73. The van der Waals surface area contributed by atoms with Gasteiger partial charge in [0.05, 0.1) is 24.9 Å². The number of aromatic nitrogens is 2. The Labute approximate surface area is 126 Å². The molecule has 0 spiro atoms. The first-order chi connectivity index (χ1) is 10.7. The Kier molecular flexibility index (Phi) is 3.74. The molecule has 0 bridgehead atoms. The van der Waals surface area contributed by atoms with E-state index >= 15 is 0 Å². The minimum atomic E-state index is -0.338. The van der Waals surface area contributed by atoms with Crippen LogP contribution in [0.25, 0.3) is 5.65 Å². The van der Waals surface area contributed by atoms with Crippen molar-refractivity contribution in [3.8, 4) is 5.75 Å². The van der Waals surface area contributed by atoms with Gasteiger partial charge in [0, 0.05) is 12.4 Å². The van der Waals surface area contributed by atoms with Gasteiger partial charge in [0.2, 0.25) is 0 Å². The topological polar surface area (TPSA) is 55.6 Å². The number of para-hydroxylation sites is 1. The number of carbonyl (C=O) groups is 1. The number of amides is 1. The van der Waals surface area contributed by atoms with Gasteiger partial charge in [-0.3, -0.25) is 4.79 Å². The van der Waals surface area contributed by atoms with Crippen LogP contribution in [-0.2, 0) is 6.54 Å². The number of nitrogens with one attached hydrogen (secondary N) is 1. The Morgan fingerprint density at radius 2 is 2.09 bits per heavy atom. The molecule has 1 amide bonds. The number of imidazole rings is 1. The molecule has 112 valence electrons. The molecule has 0 atom stereocenters. The van der Waals surface area contributed by atoms with Crippen molar-refractivity contribution in [2.24, 2.45) is 0 Å². The lowest BCUT2D eigenvalue weighted by atomic mass is 10.2. The number of carbonyl (C=O) groups excluding carboxylic acids is 1. The third-order valence-corrected chi connectivity index (χ3v) is 3.25. The highest BCUT2D eigenvalue weighted by molar-refractivity contribution is 5.96. The minimum Gasteiger partial charge on any atom is -0.496 e. The number of nitrogens with zero attached hydrogens (tertiary/aromatic N) is 2. The lowest BCUT2D eigenvalue weighted by Crippen LogP contribution is -2.23. The summed E-state index contributed by atoms with van der Waals surface area (Å²) in [5, 5.41) is 2.78. The van der Waals surface area contributed by atoms with Crippen LogP contribution in [0.2, 0.25) is 0 Å². The van der Waals surface area contributed by atoms with E-state index in [1.807, 2.05) is 0 Å². The average molecular weight is 299 g/mol. The molecule has 5 nitrogen and oxygen atoms in total. The van der Waals surface area contributed by atoms with Gasteiger partial charge in [0.25, 0.3) is 5.91 Å². The summed E-state index contributed by atoms with van der Waals surface area (Å²) in [4.78, 5) is 16.5. The lowest BCUT2D eigenvalue weighted by Gasteiger charge is -2.07. The molecule has 0 aliphatic carbocycles. The summed E-state index contributed by atoms with van der Waals surface area (Å²) < 4.78 is 19.9. The van der Waals surface area contributed by atoms with Gasteiger partial charge in [-0.05, 0) is 24.3 Å². The molecule has 1 aromatic carbocycles. The average Bonchev–Trinajstić information content (AvgIpc) is 2.94. The number of benzene rings is 1. The van der Waals surface area contributed by atoms with Crippen molar-refractivity contribution in [1.82, 2.24) is 14.7 Å². The summed E-state index contributed by atoms with van der Waals surface area (Å²) in [5.41, 5.74) is 1.73. The van der Waals surface area contributed by atoms with Crippen molar-refractivity contribution >= 4 is 11.6 Å². The van der Waals surface area contributed by atoms with Gasteiger partial charge in [0.15, 0.2) is 0 Å². The van der Waals surface area contributed by atoms with E-state index in [0.29, 0.717) is 22.7 Å². The normalized spacial score (nSPS) is 10.6. The van der Waals surface area contributed by atoms with E-state index in [4.69, 9.17) is 4.74 Å². The molecule has 22 heavy (non-hydrogen) atoms. The molecule has 0 fully saturated rings. The van der Waals surface area contributed by atoms with Crippen LogP contribution in [0.4, 0.5) is 4.39 Å². The smallest absolute Gasteiger partial charge is 0.255 e. The Hall–Kier alpha value is -2.89. The molecule has 6 heteroatoms. The number of rotatable bonds is 4. The Balaban J connectivity index is 1.74. The first kappa shape index (κ1) is 14.1. The Morgan fingerprint density at radius 1 is 1.27 bits per heavy atom. The van der Waals surface area contributed by atoms with Crippen molar-refractivity contribution < 1.29 is 13.9 Å². The van der Waals surface area contributed by atoms with Gasteiger partial charge in [0.1, 0.15) is 17.2 Å². The molecule has 3 aromatic rings. The summed E-state index contributed by atoms with van der Waals surface area (Å²) in [7, 11) is 1.52. The van der Waals surface area contributed by atoms with E-state index in [2.05, 4.69) is 10.3 Å². The summed E-state index contributed by atoms with van der Waals surface area (Å²) in [5.74, 6) is -0.0766. The Bertz CT molecular complexity index is 829. The zero-order valence-corrected chi connectivity index (χ0v) is 11.9. The zero-order valence-electron chi connectivity index (χ0n) is 11.9. The van der Waals surface area contributed by atoms with Gasteiger partial charge < -0.3 is 14.5 Å². The second-order valence-electron chi connectivity index (χ2n) is 4.73. The monoisotopic (exact) mass is 299 g/mol. The first-order valence-corrected chi connectivity index (χ1v) is 6.72. The van der Waals surface area contributed by atoms with Crippen molar-refractivity contribution in [1.29, 1.82) is 0 Å². The van der Waals surface area contributed by atoms with Crippen LogP contribution < -0.4 is 10.1 Å². The van der Waals surface area contributed by atoms with Crippen molar-refractivity contribution in [3.05, 3.63) is 65.9 Å². The standard InChI is InChI=1S/C16H14FN3O2/c1-22-14-5-3-2-4-13(14)16(21)18-8-12-10-20-9-11(17)6-7-15(20)19-12/h2-7,9-10H,8H2,1H3,(H,18,21). The van der Waals surface area contributed by atoms with Crippen molar-refractivity contribution in [2.75, 3.05) is 7.11 Å². The molecule has 0 saturated heterocycles. The van der Waals surface area contributed by atoms with Crippen LogP contribution in [0.5, 0.6) is 5.75 Å². The molecule has 2 heterocycles. The predicted molar refractivity (Wildman–Crippen MR) is 79.3 cm³/mol. The van der Waals surface area contributed by atoms with Crippen molar-refractivity contribution in [2.45, 2.75) is 6.54 Å². The molecule has 0 unspecified atom stereocenters. The first-order valence-electron chi connectivity index (χ1n) is 6.72. The summed E-state index contributed by atoms with van der Waals surface area (Å²) >= 11 is 0. The van der Waals surface area contributed by atoms with Crippen LogP contribution in [0.1, 0.15) is 16.1 Å². The van der Waals surface area contributed by atoms with E-state index in [-0.39, 0.29) is 18.3 Å². The molecule has 2 aromatic heterocycles. The van der Waals surface area contributed by atoms with Crippen molar-refractivity contribution in [3.63, 3.8) is 0 Å². The SMILES string of the molecule is COc1ccccc1C(=O)NCc1cn2cc(F)ccc2n1. The number of ether oxygens (including phenoxy) is 1. The summed E-state index contributed by atoms with van der Waals surface area (Å²) in [6, 6.07) is 9.91. The van der Waals surface area contributed by atoms with E-state index < -0.39 is 0 Å². The third kappa shape index (κ3) is 2.76. The lowest BCUT2D eigenvalue weighted by molar-refractivity contribution is 0.0947. The van der Waals surface area contributed by atoms with Crippen LogP contribution in [0.3, 0.4) is 0 Å².